The van der Waals surface area contributed by atoms with Crippen LogP contribution in [-0.2, 0) is 5.72 Å². The molecular weight excluding hydrogens is 285 g/mol. The SMILES string of the molecule is CC1(O)c2cccc3cccc(c23)[N+]1(C)C.F[B-](F)(F)F. The van der Waals surface area contributed by atoms with Gasteiger partial charge < -0.3 is 22.4 Å². The molecule has 3 rings (SSSR count). The Labute approximate surface area is 120 Å². The minimum absolute atomic E-state index is 0.490. The topological polar surface area (TPSA) is 20.2 Å². The second-order valence-electron chi connectivity index (χ2n) is 5.65. The normalized spacial score (nSPS) is 22.9. The lowest BCUT2D eigenvalue weighted by Crippen LogP contribution is -2.53. The lowest BCUT2D eigenvalue weighted by atomic mass is 10.0. The summed E-state index contributed by atoms with van der Waals surface area (Å²) in [5.74, 6) is 0. The predicted molar refractivity (Wildman–Crippen MR) is 77.3 cm³/mol. The second kappa shape index (κ2) is 4.71. The van der Waals surface area contributed by atoms with Crippen molar-refractivity contribution in [2.75, 3.05) is 14.1 Å². The van der Waals surface area contributed by atoms with Crippen molar-refractivity contribution >= 4 is 23.7 Å². The van der Waals surface area contributed by atoms with E-state index in [1.807, 2.05) is 19.1 Å². The summed E-state index contributed by atoms with van der Waals surface area (Å²) in [7, 11) is -1.90. The van der Waals surface area contributed by atoms with Crippen LogP contribution in [0.1, 0.15) is 12.5 Å². The van der Waals surface area contributed by atoms with Gasteiger partial charge in [-0.3, -0.25) is 4.48 Å². The van der Waals surface area contributed by atoms with Gasteiger partial charge in [-0.05, 0) is 17.5 Å². The number of aliphatic hydroxyl groups is 1. The first-order valence-electron chi connectivity index (χ1n) is 6.43. The molecule has 7 heteroatoms. The summed E-state index contributed by atoms with van der Waals surface area (Å²) in [4.78, 5) is 0. The number of benzene rings is 2. The molecule has 1 unspecified atom stereocenters. The molecule has 1 atom stereocenters. The molecule has 0 aromatic heterocycles. The molecule has 2 nitrogen and oxygen atoms in total. The maximum atomic E-state index is 10.7. The smallest absolute Gasteiger partial charge is 0.418 e. The number of halogens is 4. The van der Waals surface area contributed by atoms with E-state index in [0.717, 1.165) is 5.56 Å². The fourth-order valence-electron chi connectivity index (χ4n) is 2.72. The number of hydrogen-bond acceptors (Lipinski definition) is 1. The Bertz CT molecular complexity index is 627. The Morgan fingerprint density at radius 1 is 1.00 bits per heavy atom. The molecule has 0 amide bonds. The van der Waals surface area contributed by atoms with Crippen LogP contribution in [0.3, 0.4) is 0 Å². The predicted octanol–water partition coefficient (Wildman–Crippen LogP) is 3.89. The average molecular weight is 301 g/mol. The zero-order valence-corrected chi connectivity index (χ0v) is 11.9. The van der Waals surface area contributed by atoms with Crippen LogP contribution in [0, 0.1) is 0 Å². The molecule has 21 heavy (non-hydrogen) atoms. The van der Waals surface area contributed by atoms with E-state index in [9.17, 15) is 22.4 Å². The van der Waals surface area contributed by atoms with Gasteiger partial charge in [-0.25, -0.2) is 0 Å². The van der Waals surface area contributed by atoms with Crippen LogP contribution in [0.25, 0.3) is 10.8 Å². The van der Waals surface area contributed by atoms with Gasteiger partial charge >= 0.3 is 7.25 Å². The highest BCUT2D eigenvalue weighted by Gasteiger charge is 2.50. The quantitative estimate of drug-likeness (QED) is 0.445. The lowest BCUT2D eigenvalue weighted by molar-refractivity contribution is -0.0586. The number of nitrogens with zero attached hydrogens (tertiary/aromatic N) is 1. The highest BCUT2D eigenvalue weighted by molar-refractivity contribution is 6.50. The third-order valence-electron chi connectivity index (χ3n) is 4.08. The molecule has 0 bridgehead atoms. The van der Waals surface area contributed by atoms with Gasteiger partial charge in [0.25, 0.3) is 0 Å². The Morgan fingerprint density at radius 3 is 2.00 bits per heavy atom. The highest BCUT2D eigenvalue weighted by Crippen LogP contribution is 2.49. The van der Waals surface area contributed by atoms with Crippen molar-refractivity contribution in [3.8, 4) is 0 Å². The van der Waals surface area contributed by atoms with Crippen molar-refractivity contribution in [1.29, 1.82) is 0 Å². The third-order valence-corrected chi connectivity index (χ3v) is 4.08. The Hall–Kier alpha value is -1.60. The summed E-state index contributed by atoms with van der Waals surface area (Å²) < 4.78 is 39.5. The molecule has 1 aliphatic heterocycles. The van der Waals surface area contributed by atoms with Gasteiger partial charge in [0.05, 0.1) is 25.0 Å². The molecule has 1 heterocycles. The maximum Gasteiger partial charge on any atom is 0.673 e. The third kappa shape index (κ3) is 2.63. The van der Waals surface area contributed by atoms with E-state index in [-0.39, 0.29) is 0 Å². The van der Waals surface area contributed by atoms with Gasteiger partial charge in [0.2, 0.25) is 5.72 Å². The molecule has 114 valence electrons. The summed E-state index contributed by atoms with van der Waals surface area (Å²) in [6.45, 7) is 1.89. The van der Waals surface area contributed by atoms with Crippen molar-refractivity contribution in [3.63, 3.8) is 0 Å². The summed E-state index contributed by atoms with van der Waals surface area (Å²) >= 11 is 0. The van der Waals surface area contributed by atoms with Crippen LogP contribution in [0.4, 0.5) is 23.0 Å². The molecule has 0 spiro atoms. The van der Waals surface area contributed by atoms with Crippen LogP contribution in [-0.4, -0.2) is 26.5 Å². The summed E-state index contributed by atoms with van der Waals surface area (Å²) in [6, 6.07) is 12.4. The Morgan fingerprint density at radius 2 is 1.48 bits per heavy atom. The fraction of sp³-hybridized carbons (Fsp3) is 0.286. The highest BCUT2D eigenvalue weighted by atomic mass is 19.5. The molecule has 0 radical (unpaired) electrons. The van der Waals surface area contributed by atoms with Crippen LogP contribution in [0.5, 0.6) is 0 Å². The number of rotatable bonds is 0. The second-order valence-corrected chi connectivity index (χ2v) is 5.65. The first-order chi connectivity index (χ1) is 9.46. The van der Waals surface area contributed by atoms with Crippen molar-refractivity contribution in [1.82, 2.24) is 4.48 Å². The lowest BCUT2D eigenvalue weighted by Gasteiger charge is -2.37. The van der Waals surface area contributed by atoms with Gasteiger partial charge in [0, 0.05) is 6.92 Å². The average Bonchev–Trinajstić information content (AvgIpc) is 2.48. The summed E-state index contributed by atoms with van der Waals surface area (Å²) in [6.07, 6.45) is 0. The van der Waals surface area contributed by atoms with Crippen LogP contribution < -0.4 is 4.48 Å². The first kappa shape index (κ1) is 15.8. The molecule has 1 N–H and O–H groups in total. The van der Waals surface area contributed by atoms with Gasteiger partial charge in [-0.2, -0.15) is 0 Å². The minimum atomic E-state index is -6.00. The molecule has 0 saturated heterocycles. The monoisotopic (exact) mass is 301 g/mol. The zero-order valence-electron chi connectivity index (χ0n) is 11.9. The van der Waals surface area contributed by atoms with Crippen LogP contribution >= 0.6 is 0 Å². The van der Waals surface area contributed by atoms with E-state index in [0.29, 0.717) is 4.48 Å². The minimum Gasteiger partial charge on any atom is -0.418 e. The van der Waals surface area contributed by atoms with E-state index >= 15 is 0 Å². The number of quaternary nitrogens is 1. The van der Waals surface area contributed by atoms with E-state index < -0.39 is 13.0 Å². The van der Waals surface area contributed by atoms with E-state index in [1.165, 1.54) is 16.5 Å². The van der Waals surface area contributed by atoms with Gasteiger partial charge in [-0.1, -0.05) is 24.3 Å². The number of hydrogen-bond donors (Lipinski definition) is 1. The standard InChI is InChI=1S/C14H16NO.BF4/c1-14(16)11-8-4-6-10-7-5-9-12(13(10)11)15(14,2)3;2-1(3,4)5/h4-9,16H,1-3H3;/q+1;-1. The van der Waals surface area contributed by atoms with Crippen molar-refractivity contribution < 1.29 is 22.4 Å². The zero-order chi connectivity index (χ0) is 16.1. The molecule has 1 aliphatic rings. The van der Waals surface area contributed by atoms with Crippen molar-refractivity contribution in [2.24, 2.45) is 0 Å². The van der Waals surface area contributed by atoms with Crippen LogP contribution in [0.15, 0.2) is 36.4 Å². The van der Waals surface area contributed by atoms with Gasteiger partial charge in [0.15, 0.2) is 0 Å². The van der Waals surface area contributed by atoms with Crippen molar-refractivity contribution in [2.45, 2.75) is 12.6 Å². The largest absolute Gasteiger partial charge is 0.673 e. The summed E-state index contributed by atoms with van der Waals surface area (Å²) in [5.41, 5.74) is 1.38. The molecular formula is C14H16BF4NO. The van der Waals surface area contributed by atoms with E-state index in [4.69, 9.17) is 0 Å². The van der Waals surface area contributed by atoms with E-state index in [2.05, 4.69) is 38.4 Å². The first-order valence-corrected chi connectivity index (χ1v) is 6.43. The molecule has 2 aromatic carbocycles. The van der Waals surface area contributed by atoms with E-state index in [1.54, 1.807) is 0 Å². The molecule has 0 fully saturated rings. The van der Waals surface area contributed by atoms with Crippen LogP contribution in [0.2, 0.25) is 0 Å². The molecule has 2 aromatic rings. The molecule has 0 saturated carbocycles. The molecule has 0 aliphatic carbocycles. The summed E-state index contributed by atoms with van der Waals surface area (Å²) in [5, 5.41) is 13.1. The Kier molecular flexibility index (Phi) is 3.54. The van der Waals surface area contributed by atoms with Gasteiger partial charge in [0.1, 0.15) is 5.69 Å². The Balaban J connectivity index is 0.000000282. The fourth-order valence-corrected chi connectivity index (χ4v) is 2.72. The van der Waals surface area contributed by atoms with Gasteiger partial charge in [-0.15, -0.1) is 0 Å². The van der Waals surface area contributed by atoms with Crippen molar-refractivity contribution in [3.05, 3.63) is 42.0 Å². The maximum absolute atomic E-state index is 10.7.